The van der Waals surface area contributed by atoms with Crippen molar-refractivity contribution in [2.45, 2.75) is 38.8 Å². The van der Waals surface area contributed by atoms with Gasteiger partial charge in [-0.25, -0.2) is 0 Å². The number of likely N-dealkylation sites (tertiary alicyclic amines) is 1. The monoisotopic (exact) mass is 379 g/mol. The number of halogens is 2. The Bertz CT molecular complexity index is 497. The van der Waals surface area contributed by atoms with E-state index in [1.54, 1.807) is 17.9 Å². The Morgan fingerprint density at radius 1 is 1.46 bits per heavy atom. The van der Waals surface area contributed by atoms with E-state index in [-0.39, 0.29) is 36.8 Å². The summed E-state index contributed by atoms with van der Waals surface area (Å²) in [5, 5.41) is 10.3. The van der Waals surface area contributed by atoms with Gasteiger partial charge in [0, 0.05) is 37.9 Å². The zero-order valence-electron chi connectivity index (χ0n) is 15.0. The summed E-state index contributed by atoms with van der Waals surface area (Å²) in [6.07, 6.45) is 6.18. The second kappa shape index (κ2) is 10.9. The largest absolute Gasteiger partial charge is 0.353 e. The molecule has 1 amide bonds. The summed E-state index contributed by atoms with van der Waals surface area (Å²) in [6, 6.07) is 0.0271. The highest BCUT2D eigenvalue weighted by Crippen LogP contribution is 2.17. The van der Waals surface area contributed by atoms with Gasteiger partial charge in [0.2, 0.25) is 5.91 Å². The van der Waals surface area contributed by atoms with E-state index in [4.69, 9.17) is 0 Å². The summed E-state index contributed by atoms with van der Waals surface area (Å²) in [5.74, 6) is 0.764. The van der Waals surface area contributed by atoms with E-state index in [0.29, 0.717) is 12.6 Å². The van der Waals surface area contributed by atoms with Crippen LogP contribution in [0.4, 0.5) is 0 Å². The first kappa shape index (κ1) is 23.2. The van der Waals surface area contributed by atoms with Crippen molar-refractivity contribution >= 4 is 30.7 Å². The molecule has 0 aromatic carbocycles. The van der Waals surface area contributed by atoms with Gasteiger partial charge >= 0.3 is 0 Å². The van der Waals surface area contributed by atoms with Gasteiger partial charge in [-0.15, -0.1) is 24.8 Å². The summed E-state index contributed by atoms with van der Waals surface area (Å²) < 4.78 is 1.71. The molecule has 3 atom stereocenters. The first-order valence-electron chi connectivity index (χ1n) is 8.18. The molecule has 0 spiro atoms. The van der Waals surface area contributed by atoms with E-state index in [2.05, 4.69) is 34.5 Å². The Morgan fingerprint density at radius 3 is 2.71 bits per heavy atom. The fourth-order valence-corrected chi connectivity index (χ4v) is 3.14. The van der Waals surface area contributed by atoms with E-state index < -0.39 is 0 Å². The van der Waals surface area contributed by atoms with Gasteiger partial charge in [0.1, 0.15) is 6.04 Å². The quantitative estimate of drug-likeness (QED) is 0.790. The van der Waals surface area contributed by atoms with Crippen molar-refractivity contribution in [1.82, 2.24) is 25.3 Å². The Hall–Kier alpha value is -0.820. The lowest BCUT2D eigenvalue weighted by Crippen LogP contribution is -2.47. The van der Waals surface area contributed by atoms with E-state index in [9.17, 15) is 4.79 Å². The first-order chi connectivity index (χ1) is 10.5. The number of carbonyl (C=O) groups excluding carboxylic acids is 1. The fraction of sp³-hybridized carbons (Fsp3) is 0.750. The fourth-order valence-electron chi connectivity index (χ4n) is 3.14. The molecule has 1 aliphatic rings. The van der Waals surface area contributed by atoms with Crippen molar-refractivity contribution in [2.24, 2.45) is 13.0 Å². The summed E-state index contributed by atoms with van der Waals surface area (Å²) in [6.45, 7) is 7.45. The lowest BCUT2D eigenvalue weighted by molar-refractivity contribution is -0.123. The zero-order chi connectivity index (χ0) is 16.1. The van der Waals surface area contributed by atoms with E-state index in [1.165, 1.54) is 12.8 Å². The van der Waals surface area contributed by atoms with Gasteiger partial charge in [0.05, 0.1) is 6.20 Å². The maximum Gasteiger partial charge on any atom is 0.241 e. The van der Waals surface area contributed by atoms with Gasteiger partial charge in [-0.2, -0.15) is 5.10 Å². The highest BCUT2D eigenvalue weighted by atomic mass is 35.5. The van der Waals surface area contributed by atoms with Crippen molar-refractivity contribution in [3.63, 3.8) is 0 Å². The number of rotatable bonds is 6. The molecule has 2 rings (SSSR count). The summed E-state index contributed by atoms with van der Waals surface area (Å²) in [4.78, 5) is 14.9. The van der Waals surface area contributed by atoms with Crippen LogP contribution in [0.5, 0.6) is 0 Å². The predicted molar refractivity (Wildman–Crippen MR) is 102 cm³/mol. The predicted octanol–water partition coefficient (Wildman–Crippen LogP) is 1.76. The Morgan fingerprint density at radius 2 is 2.17 bits per heavy atom. The third kappa shape index (κ3) is 6.24. The molecule has 1 fully saturated rings. The maximum atomic E-state index is 12.4. The topological polar surface area (TPSA) is 62.2 Å². The number of nitrogens with one attached hydrogen (secondary N) is 2. The van der Waals surface area contributed by atoms with Crippen LogP contribution >= 0.6 is 24.8 Å². The molecule has 0 radical (unpaired) electrons. The molecule has 1 aromatic heterocycles. The molecule has 0 aliphatic carbocycles. The van der Waals surface area contributed by atoms with Gasteiger partial charge in [-0.3, -0.25) is 14.4 Å². The number of carbonyl (C=O) groups is 1. The molecule has 1 saturated heterocycles. The minimum Gasteiger partial charge on any atom is -0.353 e. The number of likely N-dealkylation sites (N-methyl/N-ethyl adjacent to an activating group) is 1. The van der Waals surface area contributed by atoms with Crippen molar-refractivity contribution in [3.05, 3.63) is 18.0 Å². The minimum atomic E-state index is -0.346. The van der Waals surface area contributed by atoms with Crippen molar-refractivity contribution in [1.29, 1.82) is 0 Å². The second-order valence-electron chi connectivity index (χ2n) is 6.51. The van der Waals surface area contributed by atoms with Gasteiger partial charge in [0.15, 0.2) is 0 Å². The van der Waals surface area contributed by atoms with Crippen LogP contribution in [0.15, 0.2) is 12.4 Å². The SMILES string of the molecule is CNC(C(=O)NCC(C)N1CCCC(C)C1)c1cnn(C)c1.Cl.Cl. The minimum absolute atomic E-state index is 0. The number of nitrogens with zero attached hydrogens (tertiary/aromatic N) is 3. The molecule has 0 bridgehead atoms. The van der Waals surface area contributed by atoms with Gasteiger partial charge in [0.25, 0.3) is 0 Å². The molecule has 8 heteroatoms. The average Bonchev–Trinajstić information content (AvgIpc) is 2.91. The molecule has 140 valence electrons. The Kier molecular flexibility index (Phi) is 10.6. The van der Waals surface area contributed by atoms with Crippen LogP contribution in [-0.4, -0.2) is 53.3 Å². The van der Waals surface area contributed by atoms with Gasteiger partial charge < -0.3 is 10.6 Å². The molecule has 0 saturated carbocycles. The third-order valence-corrected chi connectivity index (χ3v) is 4.49. The summed E-state index contributed by atoms with van der Waals surface area (Å²) in [5.41, 5.74) is 0.891. The number of aryl methyl sites for hydroxylation is 1. The van der Waals surface area contributed by atoms with Crippen LogP contribution in [0.1, 0.15) is 38.3 Å². The molecule has 2 heterocycles. The van der Waals surface area contributed by atoms with Crippen LogP contribution in [0, 0.1) is 5.92 Å². The Balaban J connectivity index is 0.00000264. The molecular weight excluding hydrogens is 349 g/mol. The van der Waals surface area contributed by atoms with E-state index in [0.717, 1.165) is 24.6 Å². The number of hydrogen-bond donors (Lipinski definition) is 2. The number of amides is 1. The van der Waals surface area contributed by atoms with Gasteiger partial charge in [-0.05, 0) is 39.3 Å². The first-order valence-corrected chi connectivity index (χ1v) is 8.18. The lowest BCUT2D eigenvalue weighted by atomic mass is 9.99. The number of hydrogen-bond acceptors (Lipinski definition) is 4. The molecule has 24 heavy (non-hydrogen) atoms. The summed E-state index contributed by atoms with van der Waals surface area (Å²) in [7, 11) is 3.65. The smallest absolute Gasteiger partial charge is 0.241 e. The Labute approximate surface area is 157 Å². The highest BCUT2D eigenvalue weighted by Gasteiger charge is 2.23. The second-order valence-corrected chi connectivity index (χ2v) is 6.51. The summed E-state index contributed by atoms with van der Waals surface area (Å²) >= 11 is 0. The zero-order valence-corrected chi connectivity index (χ0v) is 16.6. The van der Waals surface area contributed by atoms with Crippen LogP contribution in [0.3, 0.4) is 0 Å². The van der Waals surface area contributed by atoms with Crippen molar-refractivity contribution in [2.75, 3.05) is 26.7 Å². The third-order valence-electron chi connectivity index (χ3n) is 4.49. The van der Waals surface area contributed by atoms with Gasteiger partial charge in [-0.1, -0.05) is 6.92 Å². The molecule has 6 nitrogen and oxygen atoms in total. The van der Waals surface area contributed by atoms with Crippen LogP contribution < -0.4 is 10.6 Å². The van der Waals surface area contributed by atoms with Crippen LogP contribution in [0.25, 0.3) is 0 Å². The number of aromatic nitrogens is 2. The molecule has 1 aromatic rings. The normalized spacial score (nSPS) is 20.4. The molecule has 1 aliphatic heterocycles. The van der Waals surface area contributed by atoms with Crippen LogP contribution in [-0.2, 0) is 11.8 Å². The standard InChI is InChI=1S/C16H29N5O.2ClH/c1-12-6-5-7-21(10-12)13(2)8-18-16(22)15(17-3)14-9-19-20(4)11-14;;/h9,11-13,15,17H,5-8,10H2,1-4H3,(H,18,22);2*1H. The van der Waals surface area contributed by atoms with E-state index >= 15 is 0 Å². The number of piperidine rings is 1. The van der Waals surface area contributed by atoms with Crippen molar-refractivity contribution in [3.8, 4) is 0 Å². The highest BCUT2D eigenvalue weighted by molar-refractivity contribution is 5.85. The van der Waals surface area contributed by atoms with Crippen molar-refractivity contribution < 1.29 is 4.79 Å². The molecule has 2 N–H and O–H groups in total. The lowest BCUT2D eigenvalue weighted by Gasteiger charge is -2.35. The van der Waals surface area contributed by atoms with E-state index in [1.807, 2.05) is 13.2 Å². The molecule has 3 unspecified atom stereocenters. The maximum absolute atomic E-state index is 12.4. The molecular formula is C16H31Cl2N5O. The van der Waals surface area contributed by atoms with Crippen LogP contribution in [0.2, 0.25) is 0 Å². The average molecular weight is 380 g/mol.